The van der Waals surface area contributed by atoms with Gasteiger partial charge in [0.15, 0.2) is 11.9 Å². The maximum atomic E-state index is 13.1. The van der Waals surface area contributed by atoms with Crippen molar-refractivity contribution >= 4 is 23.5 Å². The van der Waals surface area contributed by atoms with E-state index < -0.39 is 22.6 Å². The Balaban J connectivity index is 2.31. The minimum atomic E-state index is -0.905. The van der Waals surface area contributed by atoms with Gasteiger partial charge in [0.1, 0.15) is 18.8 Å². The van der Waals surface area contributed by atoms with Gasteiger partial charge in [-0.25, -0.2) is 4.79 Å². The van der Waals surface area contributed by atoms with E-state index in [1.165, 1.54) is 36.1 Å². The fourth-order valence-electron chi connectivity index (χ4n) is 4.11. The molecule has 11 nitrogen and oxygen atoms in total. The van der Waals surface area contributed by atoms with Gasteiger partial charge < -0.3 is 19.1 Å². The number of benzene rings is 1. The second kappa shape index (κ2) is 11.6. The van der Waals surface area contributed by atoms with Gasteiger partial charge in [0.05, 0.1) is 31.2 Å². The summed E-state index contributed by atoms with van der Waals surface area (Å²) in [6.45, 7) is 9.04. The van der Waals surface area contributed by atoms with Gasteiger partial charge in [0, 0.05) is 25.5 Å². The van der Waals surface area contributed by atoms with Crippen LogP contribution in [0.2, 0.25) is 0 Å². The molecule has 1 aromatic rings. The van der Waals surface area contributed by atoms with E-state index in [1.54, 1.807) is 0 Å². The molecule has 2 rings (SSSR count). The lowest BCUT2D eigenvalue weighted by molar-refractivity contribution is -0.958. The molecule has 0 saturated carbocycles. The summed E-state index contributed by atoms with van der Waals surface area (Å²) in [5, 5.41) is 21.6. The van der Waals surface area contributed by atoms with Gasteiger partial charge in [-0.1, -0.05) is 0 Å². The Hall–Kier alpha value is -3.47. The maximum Gasteiger partial charge on any atom is 0.359 e. The number of carbonyl (C=O) groups excluding carboxylic acids is 3. The molecule has 0 spiro atoms. The Morgan fingerprint density at radius 1 is 1.15 bits per heavy atom. The molecule has 1 aromatic carbocycles. The quantitative estimate of drug-likeness (QED) is 0.0921. The molecule has 1 atom stereocenters. The Labute approximate surface area is 198 Å². The number of aliphatic hydroxyl groups is 1. The number of carbonyl (C=O) groups is 3. The third-order valence-electron chi connectivity index (χ3n) is 6.31. The molecule has 1 fully saturated rings. The predicted octanol–water partition coefficient (Wildman–Crippen LogP) is 2.80. The summed E-state index contributed by atoms with van der Waals surface area (Å²) in [6, 6.07) is 5.50. The molecule has 11 heteroatoms. The zero-order valence-corrected chi connectivity index (χ0v) is 20.0. The Bertz CT molecular complexity index is 945. The number of likely N-dealkylation sites (tertiary alicyclic amines) is 1. The van der Waals surface area contributed by atoms with Crippen molar-refractivity contribution in [2.24, 2.45) is 0 Å². The van der Waals surface area contributed by atoms with Crippen LogP contribution < -0.4 is 0 Å². The van der Waals surface area contributed by atoms with E-state index in [-0.39, 0.29) is 49.5 Å². The number of nitrogens with zero attached hydrogens (tertiary/aromatic N) is 3. The molecule has 0 bridgehead atoms. The van der Waals surface area contributed by atoms with Crippen molar-refractivity contribution < 1.29 is 38.4 Å². The van der Waals surface area contributed by atoms with E-state index >= 15 is 0 Å². The summed E-state index contributed by atoms with van der Waals surface area (Å²) in [5.74, 6) is -2.16. The number of β-lactam (4-membered cyclic amide) rings is 1. The summed E-state index contributed by atoms with van der Waals surface area (Å²) >= 11 is 0. The van der Waals surface area contributed by atoms with Gasteiger partial charge in [-0.05, 0) is 38.5 Å². The number of amides is 1. The van der Waals surface area contributed by atoms with Crippen molar-refractivity contribution in [3.05, 3.63) is 51.4 Å². The summed E-state index contributed by atoms with van der Waals surface area (Å²) in [4.78, 5) is 48.4. The van der Waals surface area contributed by atoms with Crippen LogP contribution >= 0.6 is 0 Å². The van der Waals surface area contributed by atoms with Crippen LogP contribution in [0.4, 0.5) is 5.69 Å². The lowest BCUT2D eigenvalue weighted by atomic mass is 10.0. The Kier molecular flexibility index (Phi) is 9.13. The van der Waals surface area contributed by atoms with Gasteiger partial charge in [0.25, 0.3) is 5.69 Å². The zero-order chi connectivity index (χ0) is 25.5. The van der Waals surface area contributed by atoms with Crippen molar-refractivity contribution in [1.82, 2.24) is 4.90 Å². The van der Waals surface area contributed by atoms with Crippen LogP contribution in [0.1, 0.15) is 46.1 Å². The standard InChI is InChI=1S/C23H31N3O8/c1-5-26(6-2,7-3)20-14-21(29)24(20)22(19(28)12-13-33-16(4)27)23(30)34-15-17-8-10-18(11-9-17)25(31)32/h8-11,20H,5-7,12-15H2,1-4H3/p+1. The first-order valence-electron chi connectivity index (χ1n) is 11.2. The van der Waals surface area contributed by atoms with Crippen LogP contribution in [0.15, 0.2) is 35.7 Å². The number of esters is 2. The van der Waals surface area contributed by atoms with E-state index in [4.69, 9.17) is 9.47 Å². The topological polar surface area (TPSA) is 136 Å². The molecule has 1 heterocycles. The largest absolute Gasteiger partial charge is 0.510 e. The van der Waals surface area contributed by atoms with E-state index in [0.717, 1.165) is 19.6 Å². The minimum absolute atomic E-state index is 0.0967. The van der Waals surface area contributed by atoms with E-state index in [0.29, 0.717) is 10.0 Å². The molecule has 34 heavy (non-hydrogen) atoms. The van der Waals surface area contributed by atoms with Gasteiger partial charge in [-0.3, -0.25) is 24.6 Å². The smallest absolute Gasteiger partial charge is 0.359 e. The molecular weight excluding hydrogens is 446 g/mol. The molecule has 186 valence electrons. The lowest BCUT2D eigenvalue weighted by Gasteiger charge is -2.52. The van der Waals surface area contributed by atoms with Crippen LogP contribution in [-0.2, 0) is 30.5 Å². The van der Waals surface area contributed by atoms with Gasteiger partial charge in [-0.2, -0.15) is 0 Å². The summed E-state index contributed by atoms with van der Waals surface area (Å²) < 4.78 is 10.8. The second-order valence-corrected chi connectivity index (χ2v) is 8.00. The first-order valence-corrected chi connectivity index (χ1v) is 11.2. The Morgan fingerprint density at radius 3 is 2.21 bits per heavy atom. The molecule has 0 aliphatic carbocycles. The Morgan fingerprint density at radius 2 is 1.74 bits per heavy atom. The van der Waals surface area contributed by atoms with Crippen molar-refractivity contribution in [2.45, 2.75) is 53.3 Å². The number of hydrogen-bond donors (Lipinski definition) is 1. The van der Waals surface area contributed by atoms with Gasteiger partial charge >= 0.3 is 11.9 Å². The number of non-ortho nitro benzene ring substituents is 1. The van der Waals surface area contributed by atoms with Crippen molar-refractivity contribution in [1.29, 1.82) is 0 Å². The van der Waals surface area contributed by atoms with Crippen LogP contribution in [0.3, 0.4) is 0 Å². The SMILES string of the molecule is CC[N+](CC)(CC)C1CC(=O)N1/C(C(=O)OCc1ccc([N+](=O)[O-])cc1)=C(/O)CCOC(C)=O. The number of nitro benzene ring substituents is 1. The number of quaternary nitrogens is 1. The zero-order valence-electron chi connectivity index (χ0n) is 20.0. The van der Waals surface area contributed by atoms with Gasteiger partial charge in [0.2, 0.25) is 5.91 Å². The lowest BCUT2D eigenvalue weighted by Crippen LogP contribution is -2.70. The first kappa shape index (κ1) is 26.8. The third kappa shape index (κ3) is 5.90. The fourth-order valence-corrected chi connectivity index (χ4v) is 4.11. The second-order valence-electron chi connectivity index (χ2n) is 8.00. The highest BCUT2D eigenvalue weighted by Crippen LogP contribution is 2.34. The monoisotopic (exact) mass is 478 g/mol. The van der Waals surface area contributed by atoms with E-state index in [2.05, 4.69) is 0 Å². The number of ether oxygens (including phenoxy) is 2. The fraction of sp³-hybridized carbons (Fsp3) is 0.522. The molecule has 1 saturated heterocycles. The van der Waals surface area contributed by atoms with Crippen LogP contribution in [0.25, 0.3) is 0 Å². The normalized spacial score (nSPS) is 16.4. The van der Waals surface area contributed by atoms with Gasteiger partial charge in [-0.15, -0.1) is 0 Å². The summed E-state index contributed by atoms with van der Waals surface area (Å²) in [5.41, 5.74) is 0.138. The van der Waals surface area contributed by atoms with Crippen molar-refractivity contribution in [3.8, 4) is 0 Å². The highest BCUT2D eigenvalue weighted by molar-refractivity contribution is 5.97. The number of rotatable bonds is 12. The van der Waals surface area contributed by atoms with Crippen LogP contribution in [0, 0.1) is 10.1 Å². The van der Waals surface area contributed by atoms with Crippen LogP contribution in [-0.4, -0.2) is 69.7 Å². The van der Waals surface area contributed by atoms with E-state index in [9.17, 15) is 29.6 Å². The number of nitro groups is 1. The molecule has 0 radical (unpaired) electrons. The van der Waals surface area contributed by atoms with Crippen molar-refractivity contribution in [3.63, 3.8) is 0 Å². The highest BCUT2D eigenvalue weighted by atomic mass is 16.6. The molecule has 0 aromatic heterocycles. The van der Waals surface area contributed by atoms with Crippen LogP contribution in [0.5, 0.6) is 0 Å². The molecule has 1 N–H and O–H groups in total. The molecule has 1 unspecified atom stereocenters. The summed E-state index contributed by atoms with van der Waals surface area (Å²) in [6.07, 6.45) is -0.279. The minimum Gasteiger partial charge on any atom is -0.510 e. The van der Waals surface area contributed by atoms with E-state index in [1.807, 2.05) is 20.8 Å². The molecule has 1 amide bonds. The average Bonchev–Trinajstić information content (AvgIpc) is 2.81. The molecule has 1 aliphatic heterocycles. The maximum absolute atomic E-state index is 13.1. The average molecular weight is 479 g/mol. The van der Waals surface area contributed by atoms with Crippen molar-refractivity contribution in [2.75, 3.05) is 26.2 Å². The number of aliphatic hydroxyl groups excluding tert-OH is 1. The molecular formula is C23H32N3O8+. The number of hydrogen-bond acceptors (Lipinski definition) is 8. The predicted molar refractivity (Wildman–Crippen MR) is 121 cm³/mol. The highest BCUT2D eigenvalue weighted by Gasteiger charge is 2.52. The first-order chi connectivity index (χ1) is 16.1. The summed E-state index contributed by atoms with van der Waals surface area (Å²) in [7, 11) is 0. The third-order valence-corrected chi connectivity index (χ3v) is 6.31. The molecule has 1 aliphatic rings.